The molecule has 1 aliphatic carbocycles. The molecule has 3 aromatic carbocycles. The number of aromatic nitrogens is 1. The van der Waals surface area contributed by atoms with Gasteiger partial charge in [-0.3, -0.25) is 14.3 Å². The number of hydrogen-bond acceptors (Lipinski definition) is 4. The third-order valence-corrected chi connectivity index (χ3v) is 7.44. The summed E-state index contributed by atoms with van der Waals surface area (Å²) in [5.74, 6) is -1.04. The predicted octanol–water partition coefficient (Wildman–Crippen LogP) is 4.44. The van der Waals surface area contributed by atoms with Crippen LogP contribution in [0.4, 0.5) is 0 Å². The molecule has 178 valence electrons. The monoisotopic (exact) mass is 515 g/mol. The normalized spacial score (nSPS) is 13.5. The van der Waals surface area contributed by atoms with E-state index < -0.39 is 21.6 Å². The Balaban J connectivity index is 1.64. The van der Waals surface area contributed by atoms with Gasteiger partial charge in [0.2, 0.25) is 5.78 Å². The molecule has 1 N–H and O–H groups in total. The van der Waals surface area contributed by atoms with Gasteiger partial charge in [0.05, 0.1) is 4.90 Å². The molecular weight excluding hydrogens is 496 g/mol. The summed E-state index contributed by atoms with van der Waals surface area (Å²) in [7, 11) is -4.19. The summed E-state index contributed by atoms with van der Waals surface area (Å²) in [5, 5.41) is 0.373. The first-order valence-electron chi connectivity index (χ1n) is 11.1. The van der Waals surface area contributed by atoms with Crippen LogP contribution in [0.1, 0.15) is 31.8 Å². The van der Waals surface area contributed by atoms with Crippen LogP contribution in [0, 0.1) is 0 Å². The van der Waals surface area contributed by atoms with Crippen molar-refractivity contribution in [1.29, 1.82) is 0 Å². The van der Waals surface area contributed by atoms with E-state index in [2.05, 4.69) is 4.72 Å². The first-order chi connectivity index (χ1) is 17.3. The van der Waals surface area contributed by atoms with Crippen LogP contribution in [-0.4, -0.2) is 20.0 Å². The van der Waals surface area contributed by atoms with Crippen LogP contribution in [0.2, 0.25) is 5.02 Å². The van der Waals surface area contributed by atoms with Crippen molar-refractivity contribution >= 4 is 38.9 Å². The van der Waals surface area contributed by atoms with Gasteiger partial charge in [-0.15, -0.1) is 0 Å². The van der Waals surface area contributed by atoms with E-state index in [1.807, 2.05) is 36.4 Å². The van der Waals surface area contributed by atoms with Crippen molar-refractivity contribution in [2.45, 2.75) is 11.3 Å². The number of ketones is 2. The lowest BCUT2D eigenvalue weighted by Gasteiger charge is -2.18. The fourth-order valence-corrected chi connectivity index (χ4v) is 5.31. The van der Waals surface area contributed by atoms with Gasteiger partial charge in [0.1, 0.15) is 0 Å². The summed E-state index contributed by atoms with van der Waals surface area (Å²) in [6.45, 7) is 0. The second kappa shape index (κ2) is 9.53. The van der Waals surface area contributed by atoms with Crippen LogP contribution in [-0.2, 0) is 16.4 Å². The zero-order valence-corrected chi connectivity index (χ0v) is 20.5. The molecule has 0 atom stereocenters. The lowest BCUT2D eigenvalue weighted by molar-refractivity contribution is -0.577. The molecule has 0 saturated carbocycles. The zero-order valence-electron chi connectivity index (χ0n) is 18.9. The number of benzene rings is 3. The molecule has 0 amide bonds. The van der Waals surface area contributed by atoms with Crippen LogP contribution in [0.3, 0.4) is 0 Å². The number of rotatable bonds is 6. The molecule has 8 heteroatoms. The minimum absolute atomic E-state index is 0.0637. The van der Waals surface area contributed by atoms with Crippen molar-refractivity contribution in [3.63, 3.8) is 0 Å². The number of carbonyl (C=O) groups excluding carboxylic acids is 2. The van der Waals surface area contributed by atoms with E-state index in [0.29, 0.717) is 11.4 Å². The molecule has 0 bridgehead atoms. The smallest absolute Gasteiger partial charge is 0.287 e. The largest absolute Gasteiger partial charge is 0.287 e. The van der Waals surface area contributed by atoms with Crippen LogP contribution in [0.25, 0.3) is 5.70 Å². The van der Waals surface area contributed by atoms with Crippen molar-refractivity contribution in [3.05, 3.63) is 136 Å². The molecule has 36 heavy (non-hydrogen) atoms. The molecule has 0 radical (unpaired) electrons. The van der Waals surface area contributed by atoms with E-state index in [0.717, 1.165) is 11.1 Å². The highest BCUT2D eigenvalue weighted by Crippen LogP contribution is 2.27. The van der Waals surface area contributed by atoms with Gasteiger partial charge < -0.3 is 0 Å². The highest BCUT2D eigenvalue weighted by molar-refractivity contribution is 7.89. The average molecular weight is 516 g/mol. The van der Waals surface area contributed by atoms with E-state index in [1.165, 1.54) is 34.9 Å². The summed E-state index contributed by atoms with van der Waals surface area (Å²) in [6, 6.07) is 25.4. The van der Waals surface area contributed by atoms with E-state index in [-0.39, 0.29) is 27.4 Å². The van der Waals surface area contributed by atoms with Crippen molar-refractivity contribution in [1.82, 2.24) is 4.72 Å². The van der Waals surface area contributed by atoms with Crippen LogP contribution in [0.15, 0.2) is 114 Å². The molecule has 6 nitrogen and oxygen atoms in total. The molecule has 0 aliphatic heterocycles. The molecule has 4 aromatic rings. The van der Waals surface area contributed by atoms with Crippen LogP contribution in [0.5, 0.6) is 0 Å². The van der Waals surface area contributed by atoms with E-state index in [1.54, 1.807) is 36.7 Å². The lowest BCUT2D eigenvalue weighted by Crippen LogP contribution is -2.44. The Morgan fingerprint density at radius 3 is 2.03 bits per heavy atom. The van der Waals surface area contributed by atoms with Gasteiger partial charge in [0.25, 0.3) is 21.5 Å². The Hall–Kier alpha value is -4.07. The minimum atomic E-state index is -4.19. The van der Waals surface area contributed by atoms with Crippen molar-refractivity contribution in [2.24, 2.45) is 0 Å². The van der Waals surface area contributed by atoms with Gasteiger partial charge in [-0.25, -0.2) is 8.42 Å². The highest BCUT2D eigenvalue weighted by atomic mass is 35.5. The number of carbonyl (C=O) groups is 2. The third-order valence-electron chi connectivity index (χ3n) is 5.83. The lowest BCUT2D eigenvalue weighted by atomic mass is 9.90. The quantitative estimate of drug-likeness (QED) is 0.385. The van der Waals surface area contributed by atoms with Gasteiger partial charge in [0.15, 0.2) is 18.1 Å². The van der Waals surface area contributed by atoms with E-state index >= 15 is 0 Å². The first-order valence-corrected chi connectivity index (χ1v) is 13.0. The number of Topliss-reactive ketones (excluding diaryl/α,β-unsaturated/α-hetero) is 2. The van der Waals surface area contributed by atoms with Gasteiger partial charge in [-0.05, 0) is 35.9 Å². The summed E-state index contributed by atoms with van der Waals surface area (Å²) >= 11 is 5.90. The van der Waals surface area contributed by atoms with Crippen molar-refractivity contribution in [2.75, 3.05) is 0 Å². The summed E-state index contributed by atoms with van der Waals surface area (Å²) in [5.41, 5.74) is 1.94. The number of allylic oxidation sites excluding steroid dienone is 2. The topological polar surface area (TPSA) is 84.2 Å². The SMILES string of the molecule is O=C1C(NS(=O)(=O)c2ccc(Cl)cc2)=C([n+]2cccc(Cc3ccccc3)c2)C(=O)c2ccccc21. The van der Waals surface area contributed by atoms with Gasteiger partial charge in [0, 0.05) is 34.2 Å². The molecule has 1 heterocycles. The molecular formula is C28H20ClN2O4S+. The standard InChI is InChI=1S/C28H19ClN2O4S/c29-21-12-14-22(15-13-21)36(34,35)30-25-26(28(33)24-11-5-4-10-23(24)27(25)32)31-16-6-9-20(18-31)17-19-7-2-1-3-8-19/h1-16,18H,17H2/p+1. The number of hydrogen-bond donors (Lipinski definition) is 1. The highest BCUT2D eigenvalue weighted by Gasteiger charge is 2.40. The Bertz CT molecular complexity index is 1630. The zero-order chi connectivity index (χ0) is 25.3. The number of nitrogens with one attached hydrogen (secondary N) is 1. The molecule has 0 spiro atoms. The predicted molar refractivity (Wildman–Crippen MR) is 136 cm³/mol. The van der Waals surface area contributed by atoms with E-state index in [9.17, 15) is 18.0 Å². The number of sulfonamides is 1. The Morgan fingerprint density at radius 2 is 1.33 bits per heavy atom. The van der Waals surface area contributed by atoms with Crippen molar-refractivity contribution < 1.29 is 22.6 Å². The van der Waals surface area contributed by atoms with Gasteiger partial charge in [-0.1, -0.05) is 66.2 Å². The summed E-state index contributed by atoms with van der Waals surface area (Å²) < 4.78 is 30.3. The maximum absolute atomic E-state index is 13.6. The molecule has 1 aromatic heterocycles. The minimum Gasteiger partial charge on any atom is -0.287 e. The Morgan fingerprint density at radius 1 is 0.722 bits per heavy atom. The van der Waals surface area contributed by atoms with Gasteiger partial charge in [-0.2, -0.15) is 4.57 Å². The Kier molecular flexibility index (Phi) is 6.26. The molecule has 0 fully saturated rings. The number of fused-ring (bicyclic) bond motifs is 1. The van der Waals surface area contributed by atoms with Crippen LogP contribution >= 0.6 is 11.6 Å². The van der Waals surface area contributed by atoms with Crippen LogP contribution < -0.4 is 9.29 Å². The fraction of sp³-hybridized carbons (Fsp3) is 0.0357. The second-order valence-corrected chi connectivity index (χ2v) is 10.4. The molecule has 0 saturated heterocycles. The number of nitrogens with zero attached hydrogens (tertiary/aromatic N) is 1. The number of pyridine rings is 1. The maximum Gasteiger partial charge on any atom is 0.287 e. The molecule has 0 unspecified atom stereocenters. The maximum atomic E-state index is 13.6. The molecule has 1 aliphatic rings. The Labute approximate surface area is 213 Å². The fourth-order valence-electron chi connectivity index (χ4n) is 4.11. The summed E-state index contributed by atoms with van der Waals surface area (Å²) in [4.78, 5) is 27.1. The van der Waals surface area contributed by atoms with Crippen molar-refractivity contribution in [3.8, 4) is 0 Å². The first kappa shape index (κ1) is 23.7. The number of halogens is 1. The van der Waals surface area contributed by atoms with E-state index in [4.69, 9.17) is 11.6 Å². The third kappa shape index (κ3) is 4.58. The van der Waals surface area contributed by atoms with Gasteiger partial charge >= 0.3 is 0 Å². The molecule has 5 rings (SSSR count). The summed E-state index contributed by atoms with van der Waals surface area (Å²) in [6.07, 6.45) is 3.96. The second-order valence-electron chi connectivity index (χ2n) is 8.27. The average Bonchev–Trinajstić information content (AvgIpc) is 2.88.